The van der Waals surface area contributed by atoms with Gasteiger partial charge < -0.3 is 4.90 Å². The van der Waals surface area contributed by atoms with E-state index in [4.69, 9.17) is 0 Å². The van der Waals surface area contributed by atoms with Crippen LogP contribution in [-0.4, -0.2) is 27.1 Å². The Hall–Kier alpha value is -2.88. The van der Waals surface area contributed by atoms with Gasteiger partial charge in [-0.3, -0.25) is 9.48 Å². The molecule has 0 saturated carbocycles. The van der Waals surface area contributed by atoms with Gasteiger partial charge in [-0.2, -0.15) is 5.10 Å². The van der Waals surface area contributed by atoms with Crippen molar-refractivity contribution in [2.24, 2.45) is 7.05 Å². The normalized spacial score (nSPS) is 17.4. The molecule has 0 aliphatic carbocycles. The van der Waals surface area contributed by atoms with Crippen LogP contribution >= 0.6 is 0 Å². The molecule has 4 nitrogen and oxygen atoms in total. The molecule has 2 atom stereocenters. The lowest BCUT2D eigenvalue weighted by atomic mass is 9.85. The highest BCUT2D eigenvalue weighted by Gasteiger charge is 2.30. The van der Waals surface area contributed by atoms with Crippen molar-refractivity contribution < 1.29 is 4.79 Å². The van der Waals surface area contributed by atoms with Crippen LogP contribution in [0.15, 0.2) is 67.0 Å². The summed E-state index contributed by atoms with van der Waals surface area (Å²) in [5, 5.41) is 4.34. The van der Waals surface area contributed by atoms with Crippen LogP contribution in [0.25, 0.3) is 0 Å². The van der Waals surface area contributed by atoms with Gasteiger partial charge in [0.1, 0.15) is 0 Å². The number of nitrogens with zero attached hydrogens (tertiary/aromatic N) is 3. The summed E-state index contributed by atoms with van der Waals surface area (Å²) >= 11 is 0. The zero-order valence-electron chi connectivity index (χ0n) is 15.9. The third-order valence-corrected chi connectivity index (χ3v) is 5.52. The third-order valence-electron chi connectivity index (χ3n) is 5.52. The first kappa shape index (κ1) is 17.5. The molecule has 0 bridgehead atoms. The summed E-state index contributed by atoms with van der Waals surface area (Å²) in [4.78, 5) is 15.1. The minimum absolute atomic E-state index is 0.180. The highest BCUT2D eigenvalue weighted by Crippen LogP contribution is 2.34. The smallest absolute Gasteiger partial charge is 0.223 e. The quantitative estimate of drug-likeness (QED) is 0.704. The second-order valence-corrected chi connectivity index (χ2v) is 7.49. The van der Waals surface area contributed by atoms with Crippen LogP contribution in [-0.2, 0) is 18.4 Å². The van der Waals surface area contributed by atoms with Crippen molar-refractivity contribution in [3.8, 4) is 0 Å². The Morgan fingerprint density at radius 3 is 2.63 bits per heavy atom. The SMILES string of the molecule is CC(CC(=O)N1Cc2ccccc2C(c2cnn(C)c2)C1)c1ccccc1. The van der Waals surface area contributed by atoms with Gasteiger partial charge in [-0.1, -0.05) is 61.5 Å². The molecule has 4 heteroatoms. The predicted molar refractivity (Wildman–Crippen MR) is 106 cm³/mol. The Morgan fingerprint density at radius 1 is 1.15 bits per heavy atom. The average molecular weight is 359 g/mol. The first-order valence-electron chi connectivity index (χ1n) is 9.51. The van der Waals surface area contributed by atoms with Crippen molar-refractivity contribution in [3.63, 3.8) is 0 Å². The minimum Gasteiger partial charge on any atom is -0.337 e. The molecule has 0 N–H and O–H groups in total. The lowest BCUT2D eigenvalue weighted by Gasteiger charge is -2.35. The molecule has 2 unspecified atom stereocenters. The highest BCUT2D eigenvalue weighted by molar-refractivity contribution is 5.77. The standard InChI is InChI=1S/C23H25N3O/c1-17(18-8-4-3-5-9-18)12-23(27)26-15-19-10-6-7-11-21(19)22(16-26)20-13-24-25(2)14-20/h3-11,13-14,17,22H,12,15-16H2,1-2H3. The van der Waals surface area contributed by atoms with Crippen molar-refractivity contribution in [2.45, 2.75) is 31.7 Å². The number of amides is 1. The zero-order chi connectivity index (χ0) is 18.8. The van der Waals surface area contributed by atoms with E-state index in [1.165, 1.54) is 22.3 Å². The van der Waals surface area contributed by atoms with E-state index in [2.05, 4.69) is 54.6 Å². The molecule has 1 aliphatic heterocycles. The van der Waals surface area contributed by atoms with Gasteiger partial charge in [-0.15, -0.1) is 0 Å². The van der Waals surface area contributed by atoms with Crippen molar-refractivity contribution in [1.29, 1.82) is 0 Å². The molecule has 0 fully saturated rings. The summed E-state index contributed by atoms with van der Waals surface area (Å²) in [6.45, 7) is 3.53. The molecule has 0 saturated heterocycles. The van der Waals surface area contributed by atoms with E-state index in [0.717, 1.165) is 0 Å². The van der Waals surface area contributed by atoms with E-state index >= 15 is 0 Å². The molecule has 1 aliphatic rings. The van der Waals surface area contributed by atoms with Crippen LogP contribution in [0.2, 0.25) is 0 Å². The number of aryl methyl sites for hydroxylation is 1. The lowest BCUT2D eigenvalue weighted by molar-refractivity contribution is -0.132. The van der Waals surface area contributed by atoms with Crippen molar-refractivity contribution >= 4 is 5.91 Å². The van der Waals surface area contributed by atoms with Crippen LogP contribution in [0.5, 0.6) is 0 Å². The summed E-state index contributed by atoms with van der Waals surface area (Å²) < 4.78 is 1.83. The van der Waals surface area contributed by atoms with Gasteiger partial charge in [0.2, 0.25) is 5.91 Å². The Labute approximate surface area is 160 Å². The molecule has 1 aromatic heterocycles. The van der Waals surface area contributed by atoms with Gasteiger partial charge in [0.15, 0.2) is 0 Å². The molecule has 2 aromatic carbocycles. The van der Waals surface area contributed by atoms with Crippen molar-refractivity contribution in [2.75, 3.05) is 6.54 Å². The zero-order valence-corrected chi connectivity index (χ0v) is 15.9. The van der Waals surface area contributed by atoms with Gasteiger partial charge >= 0.3 is 0 Å². The summed E-state index contributed by atoms with van der Waals surface area (Å²) in [7, 11) is 1.93. The van der Waals surface area contributed by atoms with Crippen LogP contribution in [0.1, 0.15) is 47.4 Å². The molecule has 0 radical (unpaired) electrons. The molecular formula is C23H25N3O. The van der Waals surface area contributed by atoms with Crippen LogP contribution in [0.3, 0.4) is 0 Å². The van der Waals surface area contributed by atoms with E-state index in [9.17, 15) is 4.79 Å². The Morgan fingerprint density at radius 2 is 1.89 bits per heavy atom. The molecule has 3 aromatic rings. The Balaban J connectivity index is 1.56. The molecule has 1 amide bonds. The molecule has 27 heavy (non-hydrogen) atoms. The number of hydrogen-bond acceptors (Lipinski definition) is 2. The number of hydrogen-bond donors (Lipinski definition) is 0. The van der Waals surface area contributed by atoms with E-state index < -0.39 is 0 Å². The summed E-state index contributed by atoms with van der Waals surface area (Å²) in [6.07, 6.45) is 4.51. The maximum Gasteiger partial charge on any atom is 0.223 e. The van der Waals surface area contributed by atoms with E-state index in [0.29, 0.717) is 19.5 Å². The van der Waals surface area contributed by atoms with E-state index in [1.807, 2.05) is 41.0 Å². The lowest BCUT2D eigenvalue weighted by Crippen LogP contribution is -2.39. The fourth-order valence-electron chi connectivity index (χ4n) is 3.99. The first-order valence-corrected chi connectivity index (χ1v) is 9.51. The highest BCUT2D eigenvalue weighted by atomic mass is 16.2. The minimum atomic E-state index is 0.180. The monoisotopic (exact) mass is 359 g/mol. The fraction of sp³-hybridized carbons (Fsp3) is 0.304. The Bertz CT molecular complexity index is 932. The van der Waals surface area contributed by atoms with Gasteiger partial charge in [-0.25, -0.2) is 0 Å². The number of rotatable bonds is 4. The van der Waals surface area contributed by atoms with Crippen LogP contribution in [0.4, 0.5) is 0 Å². The van der Waals surface area contributed by atoms with Crippen molar-refractivity contribution in [1.82, 2.24) is 14.7 Å². The van der Waals surface area contributed by atoms with Gasteiger partial charge in [0, 0.05) is 38.7 Å². The fourth-order valence-corrected chi connectivity index (χ4v) is 3.99. The van der Waals surface area contributed by atoms with Gasteiger partial charge in [0.25, 0.3) is 0 Å². The number of carbonyl (C=O) groups is 1. The summed E-state index contributed by atoms with van der Waals surface area (Å²) in [5.74, 6) is 0.613. The topological polar surface area (TPSA) is 38.1 Å². The molecule has 4 rings (SSSR count). The van der Waals surface area contributed by atoms with Gasteiger partial charge in [-0.05, 0) is 28.2 Å². The molecule has 138 valence electrons. The molecule has 0 spiro atoms. The Kier molecular flexibility index (Phi) is 4.80. The summed E-state index contributed by atoms with van der Waals surface area (Å²) in [6, 6.07) is 18.7. The maximum absolute atomic E-state index is 13.1. The number of fused-ring (bicyclic) bond motifs is 1. The van der Waals surface area contributed by atoms with Crippen molar-refractivity contribution in [3.05, 3.63) is 89.2 Å². The molecule has 2 heterocycles. The largest absolute Gasteiger partial charge is 0.337 e. The number of benzene rings is 2. The summed E-state index contributed by atoms with van der Waals surface area (Å²) in [5.41, 5.74) is 4.93. The number of carbonyl (C=O) groups excluding carboxylic acids is 1. The molecular weight excluding hydrogens is 334 g/mol. The maximum atomic E-state index is 13.1. The second kappa shape index (κ2) is 7.39. The second-order valence-electron chi connectivity index (χ2n) is 7.49. The number of aromatic nitrogens is 2. The van der Waals surface area contributed by atoms with E-state index in [-0.39, 0.29) is 17.7 Å². The first-order chi connectivity index (χ1) is 13.1. The van der Waals surface area contributed by atoms with E-state index in [1.54, 1.807) is 0 Å². The van der Waals surface area contributed by atoms with Crippen LogP contribution < -0.4 is 0 Å². The third kappa shape index (κ3) is 3.65. The average Bonchev–Trinajstić information content (AvgIpc) is 3.14. The predicted octanol–water partition coefficient (Wildman–Crippen LogP) is 4.09. The van der Waals surface area contributed by atoms with Gasteiger partial charge in [0.05, 0.1) is 6.20 Å². The van der Waals surface area contributed by atoms with Crippen LogP contribution in [0, 0.1) is 0 Å².